The van der Waals surface area contributed by atoms with Gasteiger partial charge in [0.1, 0.15) is 0 Å². The van der Waals surface area contributed by atoms with Gasteiger partial charge in [0.15, 0.2) is 11.6 Å². The van der Waals surface area contributed by atoms with Crippen molar-refractivity contribution in [3.8, 4) is 0 Å². The van der Waals surface area contributed by atoms with E-state index in [-0.39, 0.29) is 11.6 Å². The molecule has 1 heterocycles. The van der Waals surface area contributed by atoms with E-state index in [9.17, 15) is 9.59 Å². The van der Waals surface area contributed by atoms with E-state index in [1.54, 1.807) is 6.20 Å². The van der Waals surface area contributed by atoms with E-state index in [0.717, 1.165) is 18.5 Å². The molecule has 1 aliphatic carbocycles. The Bertz CT molecular complexity index is 497. The lowest BCUT2D eigenvalue weighted by Gasteiger charge is -2.17. The summed E-state index contributed by atoms with van der Waals surface area (Å²) in [7, 11) is 1.92. The summed E-state index contributed by atoms with van der Waals surface area (Å²) in [6.07, 6.45) is 4.31. The van der Waals surface area contributed by atoms with E-state index in [1.807, 2.05) is 11.6 Å². The Morgan fingerprint density at radius 2 is 2.11 bits per heavy atom. The number of Topliss-reactive ketones (excluding diaryl/α,β-unsaturated/α-hetero) is 2. The number of ketones is 2. The number of carbonyl (C=O) groups is 2. The van der Waals surface area contributed by atoms with Crippen molar-refractivity contribution in [3.05, 3.63) is 23.0 Å². The van der Waals surface area contributed by atoms with Gasteiger partial charge in [0.2, 0.25) is 0 Å². The zero-order chi connectivity index (χ0) is 13.4. The summed E-state index contributed by atoms with van der Waals surface area (Å²) >= 11 is 0. The van der Waals surface area contributed by atoms with Gasteiger partial charge in [0.05, 0.1) is 0 Å². The number of nitrogens with zero attached hydrogens (tertiary/aromatic N) is 1. The van der Waals surface area contributed by atoms with Gasteiger partial charge < -0.3 is 4.57 Å². The first-order valence-corrected chi connectivity index (χ1v) is 6.64. The maximum absolute atomic E-state index is 12.4. The van der Waals surface area contributed by atoms with E-state index in [0.29, 0.717) is 29.4 Å². The second-order valence-electron chi connectivity index (χ2n) is 5.70. The molecule has 0 aromatic carbocycles. The van der Waals surface area contributed by atoms with Gasteiger partial charge in [0.25, 0.3) is 0 Å². The smallest absolute Gasteiger partial charge is 0.165 e. The Balaban J connectivity index is 2.45. The van der Waals surface area contributed by atoms with E-state index >= 15 is 0 Å². The summed E-state index contributed by atoms with van der Waals surface area (Å²) in [5, 5.41) is 0. The molecule has 0 bridgehead atoms. The minimum atomic E-state index is -0.0109. The van der Waals surface area contributed by atoms with Crippen molar-refractivity contribution in [2.24, 2.45) is 18.9 Å². The molecule has 3 nitrogen and oxygen atoms in total. The fourth-order valence-electron chi connectivity index (χ4n) is 2.88. The SMILES string of the molecule is CC(=O)c1cn(C)c2c1C(=O)CC(C(C)C)CC2. The van der Waals surface area contributed by atoms with Gasteiger partial charge >= 0.3 is 0 Å². The largest absolute Gasteiger partial charge is 0.353 e. The van der Waals surface area contributed by atoms with Gasteiger partial charge in [-0.15, -0.1) is 0 Å². The number of aromatic nitrogens is 1. The Kier molecular flexibility index (Phi) is 3.42. The number of hydrogen-bond acceptors (Lipinski definition) is 2. The van der Waals surface area contributed by atoms with Crippen LogP contribution in [0.5, 0.6) is 0 Å². The molecule has 0 saturated carbocycles. The van der Waals surface area contributed by atoms with Gasteiger partial charge in [-0.1, -0.05) is 13.8 Å². The first kappa shape index (κ1) is 13.1. The van der Waals surface area contributed by atoms with Crippen LogP contribution in [0.4, 0.5) is 0 Å². The molecule has 1 aliphatic rings. The summed E-state index contributed by atoms with van der Waals surface area (Å²) in [5.41, 5.74) is 2.32. The molecule has 1 aromatic rings. The second-order valence-corrected chi connectivity index (χ2v) is 5.70. The van der Waals surface area contributed by atoms with Crippen molar-refractivity contribution in [1.29, 1.82) is 0 Å². The molecule has 1 unspecified atom stereocenters. The van der Waals surface area contributed by atoms with Gasteiger partial charge in [0, 0.05) is 36.5 Å². The summed E-state index contributed by atoms with van der Waals surface area (Å²) in [4.78, 5) is 24.0. The Hall–Kier alpha value is -1.38. The highest BCUT2D eigenvalue weighted by Crippen LogP contribution is 2.31. The zero-order valence-electron chi connectivity index (χ0n) is 11.6. The summed E-state index contributed by atoms with van der Waals surface area (Å²) in [5.74, 6) is 1.09. The quantitative estimate of drug-likeness (QED) is 0.595. The van der Waals surface area contributed by atoms with Crippen molar-refractivity contribution in [3.63, 3.8) is 0 Å². The molecule has 0 radical (unpaired) electrons. The highest BCUT2D eigenvalue weighted by molar-refractivity contribution is 6.09. The topological polar surface area (TPSA) is 39.1 Å². The van der Waals surface area contributed by atoms with Crippen LogP contribution >= 0.6 is 0 Å². The van der Waals surface area contributed by atoms with E-state index in [2.05, 4.69) is 13.8 Å². The van der Waals surface area contributed by atoms with Gasteiger partial charge in [-0.2, -0.15) is 0 Å². The molecule has 0 saturated heterocycles. The highest BCUT2D eigenvalue weighted by Gasteiger charge is 2.29. The van der Waals surface area contributed by atoms with E-state index < -0.39 is 0 Å². The van der Waals surface area contributed by atoms with Crippen LogP contribution < -0.4 is 0 Å². The molecule has 3 heteroatoms. The van der Waals surface area contributed by atoms with Crippen LogP contribution in [0.2, 0.25) is 0 Å². The van der Waals surface area contributed by atoms with Gasteiger partial charge in [-0.25, -0.2) is 0 Å². The average molecular weight is 247 g/mol. The number of fused-ring (bicyclic) bond motifs is 1. The molecule has 0 spiro atoms. The van der Waals surface area contributed by atoms with Crippen LogP contribution in [-0.4, -0.2) is 16.1 Å². The van der Waals surface area contributed by atoms with Crippen LogP contribution in [-0.2, 0) is 13.5 Å². The first-order valence-electron chi connectivity index (χ1n) is 6.64. The van der Waals surface area contributed by atoms with Gasteiger partial charge in [-0.3, -0.25) is 9.59 Å². The van der Waals surface area contributed by atoms with Gasteiger partial charge in [-0.05, 0) is 31.6 Å². The van der Waals surface area contributed by atoms with Crippen LogP contribution in [0.1, 0.15) is 60.0 Å². The third-order valence-electron chi connectivity index (χ3n) is 4.11. The second kappa shape index (κ2) is 4.71. The fourth-order valence-corrected chi connectivity index (χ4v) is 2.88. The minimum Gasteiger partial charge on any atom is -0.353 e. The maximum Gasteiger partial charge on any atom is 0.165 e. The number of aryl methyl sites for hydroxylation is 1. The first-order chi connectivity index (χ1) is 8.41. The standard InChI is InChI=1S/C15H21NO2/c1-9(2)11-5-6-13-15(14(18)7-11)12(10(3)17)8-16(13)4/h8-9,11H,5-7H2,1-4H3. The Morgan fingerprint density at radius 3 is 2.67 bits per heavy atom. The maximum atomic E-state index is 12.4. The molecular weight excluding hydrogens is 226 g/mol. The Morgan fingerprint density at radius 1 is 1.44 bits per heavy atom. The monoisotopic (exact) mass is 247 g/mol. The molecular formula is C15H21NO2. The van der Waals surface area contributed by atoms with Crippen molar-refractivity contribution >= 4 is 11.6 Å². The normalized spacial score (nSPS) is 19.8. The van der Waals surface area contributed by atoms with Crippen molar-refractivity contribution in [1.82, 2.24) is 4.57 Å². The Labute approximate surface area is 108 Å². The summed E-state index contributed by atoms with van der Waals surface area (Å²) < 4.78 is 1.95. The highest BCUT2D eigenvalue weighted by atomic mass is 16.1. The molecule has 18 heavy (non-hydrogen) atoms. The van der Waals surface area contributed by atoms with Crippen LogP contribution in [0, 0.1) is 11.8 Å². The molecule has 0 N–H and O–H groups in total. The third kappa shape index (κ3) is 2.14. The third-order valence-corrected chi connectivity index (χ3v) is 4.11. The van der Waals surface area contributed by atoms with E-state index in [1.165, 1.54) is 6.92 Å². The predicted molar refractivity (Wildman–Crippen MR) is 71.0 cm³/mol. The predicted octanol–water partition coefficient (Wildman–Crippen LogP) is 3.02. The molecule has 1 atom stereocenters. The fraction of sp³-hybridized carbons (Fsp3) is 0.600. The lowest BCUT2D eigenvalue weighted by Crippen LogP contribution is -2.13. The molecule has 0 amide bonds. The number of rotatable bonds is 2. The lowest BCUT2D eigenvalue weighted by molar-refractivity contribution is 0.0938. The number of hydrogen-bond donors (Lipinski definition) is 0. The minimum absolute atomic E-state index is 0.0109. The van der Waals surface area contributed by atoms with Crippen LogP contribution in [0.3, 0.4) is 0 Å². The molecule has 0 aliphatic heterocycles. The summed E-state index contributed by atoms with van der Waals surface area (Å²) in [6.45, 7) is 5.87. The molecule has 0 fully saturated rings. The molecule has 98 valence electrons. The molecule has 1 aromatic heterocycles. The van der Waals surface area contributed by atoms with Crippen molar-refractivity contribution in [2.45, 2.75) is 40.0 Å². The number of carbonyl (C=O) groups excluding carboxylic acids is 2. The van der Waals surface area contributed by atoms with Crippen molar-refractivity contribution in [2.75, 3.05) is 0 Å². The average Bonchev–Trinajstić information content (AvgIpc) is 2.50. The molecule has 2 rings (SSSR count). The zero-order valence-corrected chi connectivity index (χ0v) is 11.6. The summed E-state index contributed by atoms with van der Waals surface area (Å²) in [6, 6.07) is 0. The van der Waals surface area contributed by atoms with Crippen LogP contribution in [0.15, 0.2) is 6.20 Å². The lowest BCUT2D eigenvalue weighted by atomic mass is 9.88. The van der Waals surface area contributed by atoms with Crippen molar-refractivity contribution < 1.29 is 9.59 Å². The van der Waals surface area contributed by atoms with E-state index in [4.69, 9.17) is 0 Å². The van der Waals surface area contributed by atoms with Crippen LogP contribution in [0.25, 0.3) is 0 Å².